The molecular formula is C18H28N2O5S. The number of hydrogen-bond donors (Lipinski definition) is 1. The summed E-state index contributed by atoms with van der Waals surface area (Å²) < 4.78 is 30.3. The van der Waals surface area contributed by atoms with Gasteiger partial charge in [0.15, 0.2) is 6.61 Å². The van der Waals surface area contributed by atoms with Gasteiger partial charge in [-0.1, -0.05) is 19.9 Å². The van der Waals surface area contributed by atoms with Gasteiger partial charge >= 0.3 is 5.97 Å². The minimum Gasteiger partial charge on any atom is -0.452 e. The van der Waals surface area contributed by atoms with Crippen molar-refractivity contribution >= 4 is 21.9 Å². The van der Waals surface area contributed by atoms with Gasteiger partial charge in [-0.3, -0.25) is 4.79 Å². The van der Waals surface area contributed by atoms with E-state index in [0.29, 0.717) is 5.92 Å². The van der Waals surface area contributed by atoms with Crippen LogP contribution in [0.25, 0.3) is 0 Å². The molecule has 146 valence electrons. The fourth-order valence-electron chi connectivity index (χ4n) is 2.18. The lowest BCUT2D eigenvalue weighted by molar-refractivity contribution is -0.124. The van der Waals surface area contributed by atoms with Crippen molar-refractivity contribution in [1.29, 1.82) is 0 Å². The van der Waals surface area contributed by atoms with Gasteiger partial charge in [0.25, 0.3) is 5.91 Å². The molecule has 1 N–H and O–H groups in total. The van der Waals surface area contributed by atoms with Crippen LogP contribution in [0.5, 0.6) is 0 Å². The normalized spacial score (nSPS) is 12.9. The molecule has 0 aliphatic carbocycles. The molecule has 0 bridgehead atoms. The smallest absolute Gasteiger partial charge is 0.338 e. The monoisotopic (exact) mass is 384 g/mol. The number of hydrogen-bond acceptors (Lipinski definition) is 5. The first-order valence-corrected chi connectivity index (χ1v) is 9.97. The Hall–Kier alpha value is -1.93. The van der Waals surface area contributed by atoms with Gasteiger partial charge in [0.1, 0.15) is 0 Å². The van der Waals surface area contributed by atoms with E-state index in [0.717, 1.165) is 17.1 Å². The topological polar surface area (TPSA) is 92.8 Å². The van der Waals surface area contributed by atoms with Gasteiger partial charge in [0.05, 0.1) is 10.5 Å². The first-order valence-electron chi connectivity index (χ1n) is 8.53. The van der Waals surface area contributed by atoms with E-state index in [1.807, 2.05) is 6.92 Å². The molecule has 1 aromatic rings. The summed E-state index contributed by atoms with van der Waals surface area (Å²) in [5.74, 6) is -0.574. The summed E-state index contributed by atoms with van der Waals surface area (Å²) >= 11 is 0. The van der Waals surface area contributed by atoms with Gasteiger partial charge in [-0.15, -0.1) is 0 Å². The summed E-state index contributed by atoms with van der Waals surface area (Å²) in [6.45, 7) is 5.72. The quantitative estimate of drug-likeness (QED) is 0.658. The van der Waals surface area contributed by atoms with E-state index in [1.165, 1.54) is 38.4 Å². The second-order valence-electron chi connectivity index (χ2n) is 6.83. The lowest BCUT2D eigenvalue weighted by Crippen LogP contribution is -2.36. The first-order chi connectivity index (χ1) is 12.0. The van der Waals surface area contributed by atoms with Crippen molar-refractivity contribution < 1.29 is 22.7 Å². The molecule has 1 amide bonds. The summed E-state index contributed by atoms with van der Waals surface area (Å²) in [6, 6.07) is 5.54. The van der Waals surface area contributed by atoms with Crippen molar-refractivity contribution in [1.82, 2.24) is 9.62 Å². The lowest BCUT2D eigenvalue weighted by Gasteiger charge is -2.15. The minimum atomic E-state index is -3.65. The molecule has 0 aliphatic rings. The number of ether oxygens (including phenoxy) is 1. The van der Waals surface area contributed by atoms with Crippen LogP contribution in [0.2, 0.25) is 0 Å². The van der Waals surface area contributed by atoms with Crippen LogP contribution >= 0.6 is 0 Å². The Balaban J connectivity index is 2.62. The molecule has 0 heterocycles. The van der Waals surface area contributed by atoms with Gasteiger partial charge in [-0.25, -0.2) is 17.5 Å². The second kappa shape index (κ2) is 9.68. The van der Waals surface area contributed by atoms with Crippen LogP contribution in [0.15, 0.2) is 29.2 Å². The maximum atomic E-state index is 12.1. The van der Waals surface area contributed by atoms with Crippen molar-refractivity contribution in [3.8, 4) is 0 Å². The van der Waals surface area contributed by atoms with Crippen LogP contribution < -0.4 is 5.32 Å². The van der Waals surface area contributed by atoms with Crippen LogP contribution in [0.3, 0.4) is 0 Å². The number of nitrogens with one attached hydrogen (secondary N) is 1. The van der Waals surface area contributed by atoms with E-state index in [-0.39, 0.29) is 22.4 Å². The predicted molar refractivity (Wildman–Crippen MR) is 99.3 cm³/mol. The Kier molecular flexibility index (Phi) is 8.23. The molecule has 1 rings (SSSR count). The molecule has 0 aromatic heterocycles. The molecule has 1 atom stereocenters. The van der Waals surface area contributed by atoms with Gasteiger partial charge in [-0.05, 0) is 43.9 Å². The molecule has 0 unspecified atom stereocenters. The molecule has 26 heavy (non-hydrogen) atoms. The molecule has 0 fully saturated rings. The molecule has 8 heteroatoms. The van der Waals surface area contributed by atoms with Gasteiger partial charge < -0.3 is 10.1 Å². The van der Waals surface area contributed by atoms with E-state index in [1.54, 1.807) is 0 Å². The fourth-order valence-corrected chi connectivity index (χ4v) is 3.13. The van der Waals surface area contributed by atoms with Crippen LogP contribution in [-0.4, -0.2) is 51.3 Å². The van der Waals surface area contributed by atoms with E-state index >= 15 is 0 Å². The zero-order chi connectivity index (χ0) is 19.9. The Bertz CT molecular complexity index is 729. The van der Waals surface area contributed by atoms with E-state index < -0.39 is 22.6 Å². The molecular weight excluding hydrogens is 356 g/mol. The van der Waals surface area contributed by atoms with Crippen LogP contribution in [0, 0.1) is 5.92 Å². The molecule has 0 radical (unpaired) electrons. The van der Waals surface area contributed by atoms with Gasteiger partial charge in [0, 0.05) is 20.1 Å². The van der Waals surface area contributed by atoms with Crippen molar-refractivity contribution in [2.75, 3.05) is 20.7 Å². The summed E-state index contributed by atoms with van der Waals surface area (Å²) in [4.78, 5) is 23.9. The minimum absolute atomic E-state index is 0.00263. The zero-order valence-corrected chi connectivity index (χ0v) is 16.8. The van der Waals surface area contributed by atoms with E-state index in [2.05, 4.69) is 19.2 Å². The molecule has 0 saturated carbocycles. The third-order valence-electron chi connectivity index (χ3n) is 3.77. The van der Waals surface area contributed by atoms with Crippen molar-refractivity contribution in [3.05, 3.63) is 29.8 Å². The molecule has 0 saturated heterocycles. The molecule has 0 spiro atoms. The standard InChI is InChI=1S/C18H28N2O5S/c1-13(2)9-10-14(3)19-17(21)12-25-18(22)15-7-6-8-16(11-15)26(23,24)20(4)5/h6-8,11,13-14H,9-10,12H2,1-5H3,(H,19,21)/t14-/m1/s1. The number of esters is 1. The predicted octanol–water partition coefficient (Wildman–Crippen LogP) is 2.03. The molecule has 7 nitrogen and oxygen atoms in total. The van der Waals surface area contributed by atoms with Crippen molar-refractivity contribution in [3.63, 3.8) is 0 Å². The third kappa shape index (κ3) is 6.76. The maximum Gasteiger partial charge on any atom is 0.338 e. The van der Waals surface area contributed by atoms with E-state index in [4.69, 9.17) is 4.74 Å². The van der Waals surface area contributed by atoms with Gasteiger partial charge in [0.2, 0.25) is 10.0 Å². The highest BCUT2D eigenvalue weighted by atomic mass is 32.2. The number of amides is 1. The summed E-state index contributed by atoms with van der Waals surface area (Å²) in [7, 11) is -0.832. The average molecular weight is 384 g/mol. The second-order valence-corrected chi connectivity index (χ2v) is 8.98. The number of carbonyl (C=O) groups is 2. The molecule has 0 aliphatic heterocycles. The van der Waals surface area contributed by atoms with Crippen molar-refractivity contribution in [2.24, 2.45) is 5.92 Å². The number of carbonyl (C=O) groups excluding carboxylic acids is 2. The van der Waals surface area contributed by atoms with Crippen LogP contribution in [-0.2, 0) is 19.6 Å². The SMILES string of the molecule is CC(C)CC[C@@H](C)NC(=O)COC(=O)c1cccc(S(=O)(=O)N(C)C)c1. The highest BCUT2D eigenvalue weighted by Gasteiger charge is 2.19. The van der Waals surface area contributed by atoms with Gasteiger partial charge in [-0.2, -0.15) is 0 Å². The van der Waals surface area contributed by atoms with Crippen LogP contribution in [0.4, 0.5) is 0 Å². The Morgan fingerprint density at radius 2 is 1.81 bits per heavy atom. The van der Waals surface area contributed by atoms with E-state index in [9.17, 15) is 18.0 Å². The summed E-state index contributed by atoms with van der Waals surface area (Å²) in [5, 5.41) is 2.77. The lowest BCUT2D eigenvalue weighted by atomic mass is 10.0. The Labute approximate surface area is 155 Å². The Morgan fingerprint density at radius 3 is 2.38 bits per heavy atom. The van der Waals surface area contributed by atoms with Crippen molar-refractivity contribution in [2.45, 2.75) is 44.6 Å². The number of sulfonamides is 1. The number of benzene rings is 1. The fraction of sp³-hybridized carbons (Fsp3) is 0.556. The van der Waals surface area contributed by atoms with Crippen LogP contribution in [0.1, 0.15) is 44.0 Å². The first kappa shape index (κ1) is 22.1. The Morgan fingerprint density at radius 1 is 1.15 bits per heavy atom. The summed E-state index contributed by atoms with van der Waals surface area (Å²) in [6.07, 6.45) is 1.84. The maximum absolute atomic E-state index is 12.1. The molecule has 1 aromatic carbocycles. The average Bonchev–Trinajstić information content (AvgIpc) is 2.57. The number of rotatable bonds is 9. The number of nitrogens with zero attached hydrogens (tertiary/aromatic N) is 1. The highest BCUT2D eigenvalue weighted by Crippen LogP contribution is 2.15. The largest absolute Gasteiger partial charge is 0.452 e. The summed E-state index contributed by atoms with van der Waals surface area (Å²) in [5.41, 5.74) is 0.0774. The third-order valence-corrected chi connectivity index (χ3v) is 5.58. The highest BCUT2D eigenvalue weighted by molar-refractivity contribution is 7.89. The zero-order valence-electron chi connectivity index (χ0n) is 16.0.